The van der Waals surface area contributed by atoms with Crippen LogP contribution in [0.2, 0.25) is 0 Å². The van der Waals surface area contributed by atoms with E-state index in [1.165, 1.54) is 21.6 Å². The molecule has 5 N–H and O–H groups in total. The molecule has 0 radical (unpaired) electrons. The summed E-state index contributed by atoms with van der Waals surface area (Å²) in [6.45, 7) is 3.16. The highest BCUT2D eigenvalue weighted by atomic mass is 33.1. The van der Waals surface area contributed by atoms with Gasteiger partial charge in [-0.2, -0.15) is 0 Å². The molecule has 1 saturated heterocycles. The van der Waals surface area contributed by atoms with Gasteiger partial charge in [-0.15, -0.1) is 0 Å². The summed E-state index contributed by atoms with van der Waals surface area (Å²) < 4.78 is 0. The molecule has 9 heteroatoms. The lowest BCUT2D eigenvalue weighted by molar-refractivity contribution is -0.138. The molecule has 1 fully saturated rings. The number of rotatable bonds is 7. The number of likely N-dealkylation sites (N-methyl/N-ethyl adjacent to an activating group) is 1. The maximum absolute atomic E-state index is 12.1. The number of nitrogens with two attached hydrogens (primary N) is 2. The maximum Gasteiger partial charge on any atom is 0.321 e. The Morgan fingerprint density at radius 1 is 1.10 bits per heavy atom. The molecule has 20 heavy (non-hydrogen) atoms. The standard InChI is InChI=1S/C11H22N4O3S2/c1-14-2-4-15(5-3-14)10(16)8(12)6-19-20-7-9(13)11(17)18/h8-9H,2-7,12-13H2,1H3,(H,17,18)/t8-,9-/m0/s1. The third-order valence-electron chi connectivity index (χ3n) is 3.03. The van der Waals surface area contributed by atoms with Crippen molar-refractivity contribution < 1.29 is 14.7 Å². The molecule has 0 saturated carbocycles. The molecular formula is C11H22N4O3S2. The first kappa shape index (κ1) is 17.6. The Hall–Kier alpha value is -0.480. The van der Waals surface area contributed by atoms with Crippen molar-refractivity contribution in [3.05, 3.63) is 0 Å². The molecule has 0 aliphatic carbocycles. The second kappa shape index (κ2) is 8.73. The van der Waals surface area contributed by atoms with E-state index >= 15 is 0 Å². The zero-order chi connectivity index (χ0) is 15.1. The van der Waals surface area contributed by atoms with Gasteiger partial charge in [-0.05, 0) is 7.05 Å². The summed E-state index contributed by atoms with van der Waals surface area (Å²) in [5.41, 5.74) is 11.3. The van der Waals surface area contributed by atoms with Gasteiger partial charge in [0.25, 0.3) is 0 Å². The summed E-state index contributed by atoms with van der Waals surface area (Å²) >= 11 is 0. The van der Waals surface area contributed by atoms with Gasteiger partial charge in [0, 0.05) is 37.7 Å². The Morgan fingerprint density at radius 3 is 2.10 bits per heavy atom. The van der Waals surface area contributed by atoms with Crippen LogP contribution in [-0.2, 0) is 9.59 Å². The van der Waals surface area contributed by atoms with Crippen LogP contribution in [0, 0.1) is 0 Å². The molecule has 0 aromatic rings. The average Bonchev–Trinajstić information content (AvgIpc) is 2.43. The first-order chi connectivity index (χ1) is 9.41. The number of carboxylic acid groups (broad SMARTS) is 1. The van der Waals surface area contributed by atoms with Crippen LogP contribution in [0.15, 0.2) is 0 Å². The minimum absolute atomic E-state index is 0.0336. The summed E-state index contributed by atoms with van der Waals surface area (Å²) in [4.78, 5) is 26.6. The van der Waals surface area contributed by atoms with Gasteiger partial charge in [0.1, 0.15) is 6.04 Å². The second-order valence-corrected chi connectivity index (χ2v) is 7.30. The van der Waals surface area contributed by atoms with Gasteiger partial charge in [0.05, 0.1) is 6.04 Å². The first-order valence-electron chi connectivity index (χ1n) is 6.37. The van der Waals surface area contributed by atoms with Gasteiger partial charge in [-0.1, -0.05) is 21.6 Å². The highest BCUT2D eigenvalue weighted by molar-refractivity contribution is 8.76. The summed E-state index contributed by atoms with van der Waals surface area (Å²) in [6.07, 6.45) is 0. The molecule has 0 aromatic carbocycles. The van der Waals surface area contributed by atoms with E-state index in [9.17, 15) is 9.59 Å². The maximum atomic E-state index is 12.1. The lowest BCUT2D eigenvalue weighted by atomic mass is 10.2. The van der Waals surface area contributed by atoms with E-state index in [1.807, 2.05) is 7.05 Å². The van der Waals surface area contributed by atoms with Gasteiger partial charge < -0.3 is 26.4 Å². The van der Waals surface area contributed by atoms with Gasteiger partial charge >= 0.3 is 5.97 Å². The molecule has 1 amide bonds. The third kappa shape index (κ3) is 5.88. The van der Waals surface area contributed by atoms with Crippen LogP contribution in [0.5, 0.6) is 0 Å². The molecule has 0 aromatic heterocycles. The van der Waals surface area contributed by atoms with Gasteiger partial charge in [-0.25, -0.2) is 0 Å². The summed E-state index contributed by atoms with van der Waals surface area (Å²) in [5, 5.41) is 8.63. The molecule has 0 bridgehead atoms. The smallest absolute Gasteiger partial charge is 0.321 e. The molecule has 1 heterocycles. The van der Waals surface area contributed by atoms with E-state index in [1.54, 1.807) is 4.90 Å². The summed E-state index contributed by atoms with van der Waals surface area (Å²) in [6, 6.07) is -1.42. The van der Waals surface area contributed by atoms with Crippen LogP contribution >= 0.6 is 21.6 Å². The number of nitrogens with zero attached hydrogens (tertiary/aromatic N) is 2. The van der Waals surface area contributed by atoms with Crippen molar-refractivity contribution in [1.82, 2.24) is 9.80 Å². The highest BCUT2D eigenvalue weighted by Crippen LogP contribution is 2.22. The van der Waals surface area contributed by atoms with Crippen LogP contribution < -0.4 is 11.5 Å². The zero-order valence-corrected chi connectivity index (χ0v) is 13.2. The van der Waals surface area contributed by atoms with Gasteiger partial charge in [-0.3, -0.25) is 9.59 Å². The number of amides is 1. The van der Waals surface area contributed by atoms with Crippen molar-refractivity contribution in [2.24, 2.45) is 11.5 Å². The quantitative estimate of drug-likeness (QED) is 0.399. The van der Waals surface area contributed by atoms with Crippen molar-refractivity contribution in [3.8, 4) is 0 Å². The van der Waals surface area contributed by atoms with Gasteiger partial charge in [0.2, 0.25) is 5.91 Å². The SMILES string of the molecule is CN1CCN(C(=O)[C@@H](N)CSSC[C@H](N)C(=O)O)CC1. The second-order valence-electron chi connectivity index (χ2n) is 4.75. The topological polar surface area (TPSA) is 113 Å². The van der Waals surface area contributed by atoms with Crippen molar-refractivity contribution in [2.45, 2.75) is 12.1 Å². The number of piperazine rings is 1. The molecule has 116 valence electrons. The van der Waals surface area contributed by atoms with Crippen molar-refractivity contribution >= 4 is 33.5 Å². The highest BCUT2D eigenvalue weighted by Gasteiger charge is 2.24. The van der Waals surface area contributed by atoms with Crippen molar-refractivity contribution in [1.29, 1.82) is 0 Å². The number of hydrogen-bond donors (Lipinski definition) is 3. The number of aliphatic carboxylic acids is 1. The summed E-state index contributed by atoms with van der Waals surface area (Å²) in [7, 11) is 4.75. The predicted molar refractivity (Wildman–Crippen MR) is 82.6 cm³/mol. The molecule has 0 unspecified atom stereocenters. The fourth-order valence-electron chi connectivity index (χ4n) is 1.65. The van der Waals surface area contributed by atoms with Crippen molar-refractivity contribution in [2.75, 3.05) is 44.7 Å². The Kier molecular flexibility index (Phi) is 7.67. The molecular weight excluding hydrogens is 300 g/mol. The van der Waals surface area contributed by atoms with Crippen LogP contribution in [-0.4, -0.2) is 83.6 Å². The Labute approximate surface area is 126 Å². The lowest BCUT2D eigenvalue weighted by Gasteiger charge is -2.33. The van der Waals surface area contributed by atoms with E-state index in [4.69, 9.17) is 16.6 Å². The largest absolute Gasteiger partial charge is 0.480 e. The molecule has 1 rings (SSSR count). The average molecular weight is 322 g/mol. The molecule has 7 nitrogen and oxygen atoms in total. The van der Waals surface area contributed by atoms with E-state index in [2.05, 4.69) is 4.90 Å². The molecule has 0 spiro atoms. The minimum atomic E-state index is -1.02. The third-order valence-corrected chi connectivity index (χ3v) is 5.50. The van der Waals surface area contributed by atoms with E-state index in [0.717, 1.165) is 13.1 Å². The normalized spacial score (nSPS) is 19.6. The minimum Gasteiger partial charge on any atom is -0.480 e. The van der Waals surface area contributed by atoms with E-state index < -0.39 is 18.1 Å². The van der Waals surface area contributed by atoms with Crippen LogP contribution in [0.3, 0.4) is 0 Å². The fraction of sp³-hybridized carbons (Fsp3) is 0.818. The van der Waals surface area contributed by atoms with E-state index in [-0.39, 0.29) is 5.91 Å². The Balaban J connectivity index is 2.20. The monoisotopic (exact) mass is 322 g/mol. The van der Waals surface area contributed by atoms with E-state index in [0.29, 0.717) is 24.6 Å². The van der Waals surface area contributed by atoms with Crippen LogP contribution in [0.1, 0.15) is 0 Å². The first-order valence-corrected chi connectivity index (χ1v) is 8.86. The van der Waals surface area contributed by atoms with Gasteiger partial charge in [0.15, 0.2) is 0 Å². The number of carbonyl (C=O) groups is 2. The molecule has 2 atom stereocenters. The molecule has 1 aliphatic rings. The lowest BCUT2D eigenvalue weighted by Crippen LogP contribution is -2.52. The molecule has 1 aliphatic heterocycles. The zero-order valence-electron chi connectivity index (χ0n) is 11.5. The Morgan fingerprint density at radius 2 is 1.60 bits per heavy atom. The fourth-order valence-corrected chi connectivity index (χ4v) is 3.87. The van der Waals surface area contributed by atoms with Crippen LogP contribution in [0.25, 0.3) is 0 Å². The Bertz CT molecular complexity index is 338. The summed E-state index contributed by atoms with van der Waals surface area (Å²) in [5.74, 6) is -0.290. The number of carbonyl (C=O) groups excluding carboxylic acids is 1. The predicted octanol–water partition coefficient (Wildman–Crippen LogP) is -1.12. The number of hydrogen-bond acceptors (Lipinski definition) is 7. The number of carboxylic acids is 1. The van der Waals surface area contributed by atoms with Crippen LogP contribution in [0.4, 0.5) is 0 Å². The van der Waals surface area contributed by atoms with Crippen molar-refractivity contribution in [3.63, 3.8) is 0 Å².